The van der Waals surface area contributed by atoms with Gasteiger partial charge in [0.05, 0.1) is 18.3 Å². The predicted octanol–water partition coefficient (Wildman–Crippen LogP) is 4.81. The minimum Gasteiger partial charge on any atom is -0.497 e. The molecule has 4 rings (SSSR count). The number of aromatic nitrogens is 4. The van der Waals surface area contributed by atoms with Crippen molar-refractivity contribution in [3.05, 3.63) is 59.4 Å². The van der Waals surface area contributed by atoms with Crippen molar-refractivity contribution in [2.75, 3.05) is 12.4 Å². The van der Waals surface area contributed by atoms with Crippen LogP contribution in [0.25, 0.3) is 5.69 Å². The van der Waals surface area contributed by atoms with E-state index in [1.807, 2.05) is 16.8 Å². The van der Waals surface area contributed by atoms with E-state index >= 15 is 0 Å². The monoisotopic (exact) mass is 391 g/mol. The van der Waals surface area contributed by atoms with Crippen LogP contribution in [-0.2, 0) is 5.54 Å². The first kappa shape index (κ1) is 19.4. The molecule has 1 aromatic heterocycles. The summed E-state index contributed by atoms with van der Waals surface area (Å²) < 4.78 is 7.21. The highest BCUT2D eigenvalue weighted by Crippen LogP contribution is 2.41. The van der Waals surface area contributed by atoms with E-state index in [9.17, 15) is 0 Å². The van der Waals surface area contributed by atoms with Crippen LogP contribution >= 0.6 is 0 Å². The fourth-order valence-electron chi connectivity index (χ4n) is 4.34. The Morgan fingerprint density at radius 1 is 1.03 bits per heavy atom. The number of anilines is 1. The van der Waals surface area contributed by atoms with Crippen molar-refractivity contribution in [2.24, 2.45) is 5.92 Å². The lowest BCUT2D eigenvalue weighted by molar-refractivity contribution is 0.255. The molecule has 0 radical (unpaired) electrons. The van der Waals surface area contributed by atoms with Crippen LogP contribution in [-0.4, -0.2) is 27.3 Å². The number of rotatable bonds is 5. The zero-order chi connectivity index (χ0) is 20.4. The molecule has 3 aromatic rings. The Kier molecular flexibility index (Phi) is 5.26. The smallest absolute Gasteiger partial charge is 0.181 e. The normalized spacial score (nSPS) is 21.7. The summed E-state index contributed by atoms with van der Waals surface area (Å²) >= 11 is 0. The Labute approximate surface area is 172 Å². The minimum atomic E-state index is -0.303. The van der Waals surface area contributed by atoms with E-state index in [1.165, 1.54) is 11.1 Å². The summed E-state index contributed by atoms with van der Waals surface area (Å²) in [6.07, 6.45) is 4.27. The molecule has 152 valence electrons. The third-order valence-electron chi connectivity index (χ3n) is 5.95. The van der Waals surface area contributed by atoms with Gasteiger partial charge in [0.2, 0.25) is 0 Å². The maximum absolute atomic E-state index is 5.31. The van der Waals surface area contributed by atoms with Gasteiger partial charge in [0, 0.05) is 5.69 Å². The molecule has 0 spiro atoms. The van der Waals surface area contributed by atoms with Gasteiger partial charge in [-0.05, 0) is 103 Å². The summed E-state index contributed by atoms with van der Waals surface area (Å²) in [6, 6.07) is 14.5. The number of tetrazole rings is 1. The molecule has 29 heavy (non-hydrogen) atoms. The Morgan fingerprint density at radius 2 is 1.69 bits per heavy atom. The number of nitrogens with zero attached hydrogens (tertiary/aromatic N) is 4. The van der Waals surface area contributed by atoms with Crippen LogP contribution in [0.5, 0.6) is 5.75 Å². The van der Waals surface area contributed by atoms with Gasteiger partial charge in [-0.3, -0.25) is 0 Å². The summed E-state index contributed by atoms with van der Waals surface area (Å²) in [5, 5.41) is 16.7. The molecule has 1 fully saturated rings. The number of nitrogens with one attached hydrogen (secondary N) is 1. The summed E-state index contributed by atoms with van der Waals surface area (Å²) in [5.74, 6) is 2.44. The van der Waals surface area contributed by atoms with E-state index in [1.54, 1.807) is 7.11 Å². The highest BCUT2D eigenvalue weighted by atomic mass is 16.5. The van der Waals surface area contributed by atoms with Crippen molar-refractivity contribution in [3.63, 3.8) is 0 Å². The predicted molar refractivity (Wildman–Crippen MR) is 115 cm³/mol. The summed E-state index contributed by atoms with van der Waals surface area (Å²) in [6.45, 7) is 6.53. The molecule has 0 saturated heterocycles. The third-order valence-corrected chi connectivity index (χ3v) is 5.95. The number of hydrogen-bond acceptors (Lipinski definition) is 5. The van der Waals surface area contributed by atoms with E-state index in [4.69, 9.17) is 4.74 Å². The number of methoxy groups -OCH3 is 1. The first-order valence-electron chi connectivity index (χ1n) is 10.3. The lowest BCUT2D eigenvalue weighted by Crippen LogP contribution is -2.41. The molecule has 1 saturated carbocycles. The van der Waals surface area contributed by atoms with Gasteiger partial charge in [0.15, 0.2) is 5.82 Å². The fraction of sp³-hybridized carbons (Fsp3) is 0.435. The van der Waals surface area contributed by atoms with Crippen molar-refractivity contribution in [3.8, 4) is 11.4 Å². The number of aryl methyl sites for hydroxylation is 2. The number of ether oxygens (including phenoxy) is 1. The number of hydrogen-bond donors (Lipinski definition) is 1. The molecule has 1 aliphatic rings. The second-order valence-corrected chi connectivity index (χ2v) is 8.38. The molecule has 1 N–H and O–H groups in total. The van der Waals surface area contributed by atoms with Crippen LogP contribution in [0.15, 0.2) is 42.5 Å². The zero-order valence-corrected chi connectivity index (χ0v) is 17.6. The first-order valence-corrected chi connectivity index (χ1v) is 10.3. The van der Waals surface area contributed by atoms with E-state index < -0.39 is 0 Å². The van der Waals surface area contributed by atoms with Gasteiger partial charge < -0.3 is 10.1 Å². The van der Waals surface area contributed by atoms with Crippen LogP contribution in [0.2, 0.25) is 0 Å². The highest BCUT2D eigenvalue weighted by Gasteiger charge is 2.41. The molecule has 1 aliphatic carbocycles. The average Bonchev–Trinajstić information content (AvgIpc) is 3.20. The van der Waals surface area contributed by atoms with E-state index in [-0.39, 0.29) is 5.54 Å². The van der Waals surface area contributed by atoms with Crippen molar-refractivity contribution in [1.29, 1.82) is 0 Å². The largest absolute Gasteiger partial charge is 0.497 e. The summed E-state index contributed by atoms with van der Waals surface area (Å²) in [7, 11) is 1.68. The topological polar surface area (TPSA) is 64.9 Å². The van der Waals surface area contributed by atoms with Gasteiger partial charge in [-0.1, -0.05) is 13.0 Å². The summed E-state index contributed by atoms with van der Waals surface area (Å²) in [5.41, 5.74) is 4.17. The van der Waals surface area contributed by atoms with Crippen molar-refractivity contribution < 1.29 is 4.74 Å². The van der Waals surface area contributed by atoms with E-state index in [0.717, 1.165) is 48.6 Å². The summed E-state index contributed by atoms with van der Waals surface area (Å²) in [4.78, 5) is 0. The second kappa shape index (κ2) is 7.85. The highest BCUT2D eigenvalue weighted by molar-refractivity contribution is 5.50. The fourth-order valence-corrected chi connectivity index (χ4v) is 4.34. The average molecular weight is 392 g/mol. The minimum absolute atomic E-state index is 0.303. The van der Waals surface area contributed by atoms with Crippen molar-refractivity contribution in [1.82, 2.24) is 20.2 Å². The molecule has 0 bridgehead atoms. The van der Waals surface area contributed by atoms with Crippen molar-refractivity contribution >= 4 is 5.69 Å². The van der Waals surface area contributed by atoms with Crippen LogP contribution in [0.1, 0.15) is 49.6 Å². The Balaban J connectivity index is 1.75. The maximum Gasteiger partial charge on any atom is 0.181 e. The molecule has 2 aromatic carbocycles. The van der Waals surface area contributed by atoms with Crippen LogP contribution in [0.3, 0.4) is 0 Å². The van der Waals surface area contributed by atoms with Gasteiger partial charge in [0.25, 0.3) is 0 Å². The molecular weight excluding hydrogens is 362 g/mol. The first-order chi connectivity index (χ1) is 14.0. The molecule has 0 unspecified atom stereocenters. The van der Waals surface area contributed by atoms with Crippen LogP contribution in [0, 0.1) is 19.8 Å². The Morgan fingerprint density at radius 3 is 2.31 bits per heavy atom. The second-order valence-electron chi connectivity index (χ2n) is 8.38. The van der Waals surface area contributed by atoms with Crippen LogP contribution in [0.4, 0.5) is 5.69 Å². The van der Waals surface area contributed by atoms with Gasteiger partial charge >= 0.3 is 0 Å². The molecule has 0 aliphatic heterocycles. The molecule has 6 nitrogen and oxygen atoms in total. The Hall–Kier alpha value is -2.89. The van der Waals surface area contributed by atoms with Crippen LogP contribution < -0.4 is 10.1 Å². The maximum atomic E-state index is 5.31. The molecule has 0 atom stereocenters. The number of benzene rings is 2. The quantitative estimate of drug-likeness (QED) is 0.676. The van der Waals surface area contributed by atoms with E-state index in [0.29, 0.717) is 5.92 Å². The van der Waals surface area contributed by atoms with E-state index in [2.05, 4.69) is 71.9 Å². The molecule has 0 amide bonds. The van der Waals surface area contributed by atoms with Crippen molar-refractivity contribution in [2.45, 2.75) is 52.0 Å². The molecular formula is C23H29N5O. The van der Waals surface area contributed by atoms with Gasteiger partial charge in [-0.25, -0.2) is 0 Å². The standard InChI is InChI=1S/C23H29N5O/c1-16-9-11-23(12-10-16,24-19-5-7-21(29-4)8-6-19)22-25-26-27-28(22)20-14-17(2)13-18(3)15-20/h5-8,13-16,24H,9-12H2,1-4H3. The lowest BCUT2D eigenvalue weighted by Gasteiger charge is -2.39. The third kappa shape index (κ3) is 3.97. The van der Waals surface area contributed by atoms with Gasteiger partial charge in [-0.2, -0.15) is 4.68 Å². The SMILES string of the molecule is COc1ccc(NC2(c3nnnn3-c3cc(C)cc(C)c3)CCC(C)CC2)cc1. The zero-order valence-electron chi connectivity index (χ0n) is 17.6. The van der Waals surface area contributed by atoms with Gasteiger partial charge in [0.1, 0.15) is 5.75 Å². The molecule has 6 heteroatoms. The Bertz CT molecular complexity index is 951. The molecule has 1 heterocycles. The lowest BCUT2D eigenvalue weighted by atomic mass is 9.76. The van der Waals surface area contributed by atoms with Gasteiger partial charge in [-0.15, -0.1) is 5.10 Å².